The first-order valence-corrected chi connectivity index (χ1v) is 10.3. The SMILES string of the molecule is COc1ccc(NC(=O)C2CCN(c3cc(-c4ccc(OC)cc4)ncn3)CC2)cc1. The van der Waals surface area contributed by atoms with Crippen LogP contribution >= 0.6 is 0 Å². The number of ether oxygens (including phenoxy) is 2. The lowest BCUT2D eigenvalue weighted by atomic mass is 9.95. The summed E-state index contributed by atoms with van der Waals surface area (Å²) >= 11 is 0. The van der Waals surface area contributed by atoms with Gasteiger partial charge in [-0.2, -0.15) is 0 Å². The van der Waals surface area contributed by atoms with Crippen molar-refractivity contribution in [1.29, 1.82) is 0 Å². The first-order valence-electron chi connectivity index (χ1n) is 10.3. The highest BCUT2D eigenvalue weighted by molar-refractivity contribution is 5.92. The van der Waals surface area contributed by atoms with Gasteiger partial charge < -0.3 is 19.7 Å². The molecule has 1 aromatic heterocycles. The molecule has 0 spiro atoms. The molecule has 0 unspecified atom stereocenters. The van der Waals surface area contributed by atoms with Crippen molar-refractivity contribution in [2.24, 2.45) is 5.92 Å². The van der Waals surface area contributed by atoms with E-state index in [1.807, 2.05) is 54.6 Å². The average molecular weight is 418 g/mol. The van der Waals surface area contributed by atoms with Gasteiger partial charge in [0.25, 0.3) is 0 Å². The Kier molecular flexibility index (Phi) is 6.31. The quantitative estimate of drug-likeness (QED) is 0.652. The standard InChI is InChI=1S/C24H26N4O3/c1-30-20-7-3-17(4-8-20)22-15-23(26-16-25-22)28-13-11-18(12-14-28)24(29)27-19-5-9-21(31-2)10-6-19/h3-10,15-16,18H,11-14H2,1-2H3,(H,27,29). The molecule has 2 aromatic carbocycles. The van der Waals surface area contributed by atoms with E-state index in [1.54, 1.807) is 20.5 Å². The zero-order chi connectivity index (χ0) is 21.6. The van der Waals surface area contributed by atoms with Crippen molar-refractivity contribution in [1.82, 2.24) is 9.97 Å². The normalized spacial score (nSPS) is 14.2. The van der Waals surface area contributed by atoms with E-state index >= 15 is 0 Å². The molecule has 31 heavy (non-hydrogen) atoms. The van der Waals surface area contributed by atoms with Crippen LogP contribution in [0.25, 0.3) is 11.3 Å². The van der Waals surface area contributed by atoms with Crippen molar-refractivity contribution in [2.75, 3.05) is 37.5 Å². The Morgan fingerprint density at radius 1 is 0.935 bits per heavy atom. The zero-order valence-electron chi connectivity index (χ0n) is 17.7. The van der Waals surface area contributed by atoms with Crippen LogP contribution in [0, 0.1) is 5.92 Å². The number of methoxy groups -OCH3 is 2. The Hall–Kier alpha value is -3.61. The van der Waals surface area contributed by atoms with E-state index in [0.29, 0.717) is 0 Å². The maximum Gasteiger partial charge on any atom is 0.227 e. The summed E-state index contributed by atoms with van der Waals surface area (Å²) in [6.45, 7) is 1.56. The van der Waals surface area contributed by atoms with Crippen molar-refractivity contribution in [3.05, 3.63) is 60.9 Å². The van der Waals surface area contributed by atoms with Crippen molar-refractivity contribution in [2.45, 2.75) is 12.8 Å². The van der Waals surface area contributed by atoms with E-state index in [1.165, 1.54) is 0 Å². The second kappa shape index (κ2) is 9.47. The van der Waals surface area contributed by atoms with Crippen molar-refractivity contribution in [3.63, 3.8) is 0 Å². The average Bonchev–Trinajstić information content (AvgIpc) is 2.85. The third-order valence-electron chi connectivity index (χ3n) is 5.59. The third-order valence-corrected chi connectivity index (χ3v) is 5.59. The summed E-state index contributed by atoms with van der Waals surface area (Å²) in [6, 6.07) is 17.2. The van der Waals surface area contributed by atoms with E-state index < -0.39 is 0 Å². The largest absolute Gasteiger partial charge is 0.497 e. The summed E-state index contributed by atoms with van der Waals surface area (Å²) in [7, 11) is 3.28. The molecule has 0 bridgehead atoms. The highest BCUT2D eigenvalue weighted by Gasteiger charge is 2.26. The fourth-order valence-corrected chi connectivity index (χ4v) is 3.73. The van der Waals surface area contributed by atoms with Gasteiger partial charge in [0.1, 0.15) is 23.6 Å². The van der Waals surface area contributed by atoms with Crippen LogP contribution in [0.5, 0.6) is 11.5 Å². The van der Waals surface area contributed by atoms with Gasteiger partial charge in [-0.1, -0.05) is 0 Å². The number of amides is 1. The van der Waals surface area contributed by atoms with Crippen LogP contribution < -0.4 is 19.7 Å². The summed E-state index contributed by atoms with van der Waals surface area (Å²) in [6.07, 6.45) is 3.16. The molecule has 1 saturated heterocycles. The van der Waals surface area contributed by atoms with Crippen LogP contribution in [0.1, 0.15) is 12.8 Å². The number of rotatable bonds is 6. The van der Waals surface area contributed by atoms with Crippen LogP contribution in [0.4, 0.5) is 11.5 Å². The monoisotopic (exact) mass is 418 g/mol. The minimum absolute atomic E-state index is 0.0127. The van der Waals surface area contributed by atoms with Crippen molar-refractivity contribution >= 4 is 17.4 Å². The van der Waals surface area contributed by atoms with Gasteiger partial charge in [-0.3, -0.25) is 4.79 Å². The maximum atomic E-state index is 12.7. The smallest absolute Gasteiger partial charge is 0.227 e. The van der Waals surface area contributed by atoms with Gasteiger partial charge >= 0.3 is 0 Å². The number of anilines is 2. The Morgan fingerprint density at radius 2 is 1.55 bits per heavy atom. The van der Waals surface area contributed by atoms with Crippen LogP contribution in [0.3, 0.4) is 0 Å². The number of benzene rings is 2. The van der Waals surface area contributed by atoms with Gasteiger partial charge in [-0.15, -0.1) is 0 Å². The van der Waals surface area contributed by atoms with Crippen LogP contribution in [0.2, 0.25) is 0 Å². The zero-order valence-corrected chi connectivity index (χ0v) is 17.7. The van der Waals surface area contributed by atoms with Gasteiger partial charge in [0.05, 0.1) is 19.9 Å². The number of carbonyl (C=O) groups is 1. The number of nitrogens with zero attached hydrogens (tertiary/aromatic N) is 3. The van der Waals surface area contributed by atoms with E-state index in [-0.39, 0.29) is 11.8 Å². The molecule has 1 aliphatic heterocycles. The van der Waals surface area contributed by atoms with Crippen LogP contribution in [-0.4, -0.2) is 43.2 Å². The second-order valence-electron chi connectivity index (χ2n) is 7.47. The van der Waals surface area contributed by atoms with Gasteiger partial charge in [0, 0.05) is 36.3 Å². The Labute approximate surface area is 182 Å². The fourth-order valence-electron chi connectivity index (χ4n) is 3.73. The summed E-state index contributed by atoms with van der Waals surface area (Å²) in [5.74, 6) is 2.51. The van der Waals surface area contributed by atoms with E-state index in [4.69, 9.17) is 9.47 Å². The summed E-state index contributed by atoms with van der Waals surface area (Å²) in [4.78, 5) is 23.7. The molecule has 3 aromatic rings. The lowest BCUT2D eigenvalue weighted by Gasteiger charge is -2.32. The predicted molar refractivity (Wildman–Crippen MR) is 121 cm³/mol. The number of piperidine rings is 1. The van der Waals surface area contributed by atoms with Gasteiger partial charge in [-0.25, -0.2) is 9.97 Å². The topological polar surface area (TPSA) is 76.6 Å². The van der Waals surface area contributed by atoms with Crippen molar-refractivity contribution < 1.29 is 14.3 Å². The molecule has 0 radical (unpaired) electrons. The minimum atomic E-state index is -0.0127. The Morgan fingerprint density at radius 3 is 2.16 bits per heavy atom. The Bertz CT molecular complexity index is 1010. The minimum Gasteiger partial charge on any atom is -0.497 e. The summed E-state index contributed by atoms with van der Waals surface area (Å²) in [5, 5.41) is 3.01. The third kappa shape index (κ3) is 4.94. The molecule has 1 amide bonds. The molecule has 1 N–H and O–H groups in total. The van der Waals surface area contributed by atoms with Gasteiger partial charge in [0.15, 0.2) is 0 Å². The number of carbonyl (C=O) groups excluding carboxylic acids is 1. The molecule has 1 fully saturated rings. The van der Waals surface area contributed by atoms with Crippen LogP contribution in [-0.2, 0) is 4.79 Å². The van der Waals surface area contributed by atoms with E-state index in [0.717, 1.165) is 60.2 Å². The molecule has 160 valence electrons. The fraction of sp³-hybridized carbons (Fsp3) is 0.292. The highest BCUT2D eigenvalue weighted by Crippen LogP contribution is 2.27. The summed E-state index contributed by atoms with van der Waals surface area (Å²) in [5.41, 5.74) is 2.67. The molecular weight excluding hydrogens is 392 g/mol. The highest BCUT2D eigenvalue weighted by atomic mass is 16.5. The van der Waals surface area contributed by atoms with Crippen molar-refractivity contribution in [3.8, 4) is 22.8 Å². The predicted octanol–water partition coefficient (Wildman–Crippen LogP) is 4.02. The molecule has 7 heteroatoms. The molecule has 1 aliphatic rings. The summed E-state index contributed by atoms with van der Waals surface area (Å²) < 4.78 is 10.4. The second-order valence-corrected chi connectivity index (χ2v) is 7.47. The number of nitrogens with one attached hydrogen (secondary N) is 1. The van der Waals surface area contributed by atoms with Gasteiger partial charge in [0.2, 0.25) is 5.91 Å². The number of hydrogen-bond donors (Lipinski definition) is 1. The Balaban J connectivity index is 1.36. The number of aromatic nitrogens is 2. The molecule has 7 nitrogen and oxygen atoms in total. The maximum absolute atomic E-state index is 12.7. The molecule has 4 rings (SSSR count). The van der Waals surface area contributed by atoms with Crippen LogP contribution in [0.15, 0.2) is 60.9 Å². The molecular formula is C24H26N4O3. The molecule has 2 heterocycles. The lowest BCUT2D eigenvalue weighted by molar-refractivity contribution is -0.120. The van der Waals surface area contributed by atoms with Gasteiger partial charge in [-0.05, 0) is 61.4 Å². The number of hydrogen-bond acceptors (Lipinski definition) is 6. The van der Waals surface area contributed by atoms with E-state index in [2.05, 4.69) is 20.2 Å². The molecule has 0 aliphatic carbocycles. The first kappa shape index (κ1) is 20.7. The molecule has 0 atom stereocenters. The first-order chi connectivity index (χ1) is 15.2. The lowest BCUT2D eigenvalue weighted by Crippen LogP contribution is -2.38. The van der Waals surface area contributed by atoms with E-state index in [9.17, 15) is 4.79 Å². The molecule has 0 saturated carbocycles.